The van der Waals surface area contributed by atoms with Crippen molar-refractivity contribution in [3.05, 3.63) is 10.6 Å². The fraction of sp³-hybridized carbons (Fsp3) is 0.619. The predicted octanol–water partition coefficient (Wildman–Crippen LogP) is -1.80. The van der Waals surface area contributed by atoms with E-state index in [1.165, 1.54) is 11.9 Å². The monoisotopic (exact) mass is 541 g/mol. The fourth-order valence-corrected chi connectivity index (χ4v) is 7.88. The van der Waals surface area contributed by atoms with Crippen molar-refractivity contribution in [2.75, 3.05) is 13.6 Å². The van der Waals surface area contributed by atoms with Gasteiger partial charge in [-0.2, -0.15) is 0 Å². The third-order valence-electron chi connectivity index (χ3n) is 9.28. The number of hydrogen-bond acceptors (Lipinski definition) is 8. The average molecular weight is 541 g/mol. The molecular weight excluding hydrogens is 525 g/mol. The van der Waals surface area contributed by atoms with Gasteiger partial charge in [-0.3, -0.25) is 29.0 Å². The van der Waals surface area contributed by atoms with Gasteiger partial charge in [0.05, 0.1) is 47.3 Å². The zero-order chi connectivity index (χ0) is 23.5. The summed E-state index contributed by atoms with van der Waals surface area (Å²) in [4.78, 5) is 95.3. The van der Waals surface area contributed by atoms with Gasteiger partial charge < -0.3 is 29.8 Å². The number of carbonyl (C=O) groups excluding carboxylic acids is 8. The normalized spacial score (nSPS) is 49.2. The van der Waals surface area contributed by atoms with E-state index in [9.17, 15) is 38.4 Å². The van der Waals surface area contributed by atoms with E-state index < -0.39 is 81.8 Å². The van der Waals surface area contributed by atoms with Crippen molar-refractivity contribution >= 4 is 47.3 Å². The summed E-state index contributed by atoms with van der Waals surface area (Å²) in [6, 6.07) is 0. The van der Waals surface area contributed by atoms with E-state index in [1.807, 2.05) is 0 Å². The van der Waals surface area contributed by atoms with Crippen molar-refractivity contribution in [3.8, 4) is 0 Å². The molecule has 8 unspecified atom stereocenters. The maximum Gasteiger partial charge on any atom is 0.233 e. The second kappa shape index (κ2) is 6.07. The van der Waals surface area contributed by atoms with Gasteiger partial charge in [-0.25, -0.2) is 0 Å². The van der Waals surface area contributed by atoms with Crippen LogP contribution in [0.5, 0.6) is 0 Å². The first-order valence-electron chi connectivity index (χ1n) is 10.8. The van der Waals surface area contributed by atoms with E-state index in [0.717, 1.165) is 4.90 Å². The fourth-order valence-electron chi connectivity index (χ4n) is 7.88. The third kappa shape index (κ3) is 1.95. The van der Waals surface area contributed by atoms with Gasteiger partial charge in [0, 0.05) is 80.8 Å². The molecule has 4 saturated carbocycles. The quantitative estimate of drug-likeness (QED) is 0.350. The summed E-state index contributed by atoms with van der Waals surface area (Å²) in [5.74, 6) is -6.25. The molecule has 4 saturated heterocycles. The largest absolute Gasteiger partial charge is 0.595 e. The number of piperidine rings is 4. The molecular formula is C21H16N4O8Y-2. The molecule has 8 amide bonds. The number of fused-ring (bicyclic) bond motifs is 12. The second-order valence-electron chi connectivity index (χ2n) is 10.1. The van der Waals surface area contributed by atoms with Gasteiger partial charge in [-0.15, -0.1) is 0 Å². The van der Waals surface area contributed by atoms with E-state index in [1.54, 1.807) is 6.92 Å². The van der Waals surface area contributed by atoms with Crippen molar-refractivity contribution in [1.82, 2.24) is 9.80 Å². The summed E-state index contributed by atoms with van der Waals surface area (Å²) in [7, 11) is 1.44. The molecule has 2 spiro atoms. The summed E-state index contributed by atoms with van der Waals surface area (Å²) in [5, 5.41) is 6.70. The summed E-state index contributed by atoms with van der Waals surface area (Å²) in [5.41, 5.74) is -1.29. The summed E-state index contributed by atoms with van der Waals surface area (Å²) >= 11 is 0. The van der Waals surface area contributed by atoms with Crippen LogP contribution in [0.4, 0.5) is 0 Å². The van der Waals surface area contributed by atoms with Crippen molar-refractivity contribution in [2.45, 2.75) is 6.92 Å². The molecule has 1 radical (unpaired) electrons. The number of likely N-dealkylation sites (tertiary alicyclic amines) is 2. The Morgan fingerprint density at radius 2 is 0.882 bits per heavy atom. The van der Waals surface area contributed by atoms with Crippen LogP contribution in [0.25, 0.3) is 10.6 Å². The molecule has 12 nitrogen and oxygen atoms in total. The Hall–Kier alpha value is -2.34. The SMILES string of the molecule is CCN1C(=O)C2C(C1=O)C21C2C(=O)[N-]C(=O)C21.CN1C(=O)C2C(C1=O)C21C2C(=O)[N-]C(=O)C21.[Y]. The van der Waals surface area contributed by atoms with Crippen LogP contribution in [0.2, 0.25) is 0 Å². The van der Waals surface area contributed by atoms with Crippen molar-refractivity contribution in [2.24, 2.45) is 58.2 Å². The van der Waals surface area contributed by atoms with E-state index in [2.05, 4.69) is 10.6 Å². The standard InChI is InChI=1S/C11H10N2O4.C10H8N2O4.Y/c1-2-13-9(16)5-6(10(13)17)11(5)3-4(11)8(15)12-7(3)14;1-12-8(15)4-5(9(12)16)10(4)2-3(10)7(14)11-6(2)13;/h3-6H,2H2,1H3,(H,12,14,15);2-5H,1H3,(H,11,13,14);/p-2. The minimum absolute atomic E-state index is 0. The third-order valence-corrected chi connectivity index (χ3v) is 9.28. The molecule has 0 aromatic heterocycles. The zero-order valence-electron chi connectivity index (χ0n) is 18.0. The first-order chi connectivity index (χ1) is 15.6. The maximum atomic E-state index is 11.9. The van der Waals surface area contributed by atoms with E-state index in [-0.39, 0.29) is 56.3 Å². The molecule has 4 aliphatic carbocycles. The maximum absolute atomic E-state index is 11.9. The van der Waals surface area contributed by atoms with Crippen LogP contribution in [0.3, 0.4) is 0 Å². The Labute approximate surface area is 216 Å². The van der Waals surface area contributed by atoms with Gasteiger partial charge in [0.15, 0.2) is 0 Å². The molecule has 8 fully saturated rings. The molecule has 8 atom stereocenters. The molecule has 0 aromatic carbocycles. The number of nitrogens with zero attached hydrogens (tertiary/aromatic N) is 4. The van der Waals surface area contributed by atoms with Crippen LogP contribution in [0, 0.1) is 58.2 Å². The molecule has 0 bridgehead atoms. The van der Waals surface area contributed by atoms with Crippen LogP contribution in [0.15, 0.2) is 0 Å². The number of rotatable bonds is 1. The summed E-state index contributed by atoms with van der Waals surface area (Å²) in [6.07, 6.45) is 0. The molecule has 8 aliphatic rings. The smallest absolute Gasteiger partial charge is 0.233 e. The molecule has 13 heteroatoms. The predicted molar refractivity (Wildman–Crippen MR) is 99.7 cm³/mol. The molecule has 173 valence electrons. The Morgan fingerprint density at radius 1 is 0.588 bits per heavy atom. The van der Waals surface area contributed by atoms with Crippen molar-refractivity contribution < 1.29 is 71.1 Å². The molecule has 4 heterocycles. The van der Waals surface area contributed by atoms with E-state index >= 15 is 0 Å². The number of carbonyl (C=O) groups is 8. The van der Waals surface area contributed by atoms with Gasteiger partial charge in [0.25, 0.3) is 0 Å². The van der Waals surface area contributed by atoms with Gasteiger partial charge in [-0.05, 0) is 6.92 Å². The van der Waals surface area contributed by atoms with Crippen LogP contribution in [-0.2, 0) is 71.1 Å². The van der Waals surface area contributed by atoms with Gasteiger partial charge in [0.1, 0.15) is 0 Å². The Bertz CT molecular complexity index is 1140. The van der Waals surface area contributed by atoms with Gasteiger partial charge >= 0.3 is 0 Å². The van der Waals surface area contributed by atoms with Crippen LogP contribution < -0.4 is 0 Å². The average Bonchev–Trinajstić information content (AvgIpc) is 3.70. The van der Waals surface area contributed by atoms with Crippen molar-refractivity contribution in [3.63, 3.8) is 0 Å². The zero-order valence-corrected chi connectivity index (χ0v) is 20.8. The molecule has 4 aliphatic heterocycles. The first kappa shape index (κ1) is 22.1. The minimum Gasteiger partial charge on any atom is -0.595 e. The Balaban J connectivity index is 0.000000124. The molecule has 0 aromatic rings. The van der Waals surface area contributed by atoms with Gasteiger partial charge in [-0.1, -0.05) is 0 Å². The van der Waals surface area contributed by atoms with Crippen molar-refractivity contribution in [1.29, 1.82) is 0 Å². The number of amides is 8. The van der Waals surface area contributed by atoms with E-state index in [0.29, 0.717) is 6.54 Å². The summed E-state index contributed by atoms with van der Waals surface area (Å²) in [6.45, 7) is 2.11. The Morgan fingerprint density at radius 3 is 1.18 bits per heavy atom. The second-order valence-corrected chi connectivity index (χ2v) is 10.1. The van der Waals surface area contributed by atoms with Crippen LogP contribution >= 0.6 is 0 Å². The number of imide groups is 4. The molecule has 8 rings (SSSR count). The van der Waals surface area contributed by atoms with Crippen LogP contribution in [0.1, 0.15) is 6.92 Å². The first-order valence-corrected chi connectivity index (χ1v) is 10.8. The van der Waals surface area contributed by atoms with Crippen LogP contribution in [-0.4, -0.2) is 70.6 Å². The summed E-state index contributed by atoms with van der Waals surface area (Å²) < 4.78 is 0. The molecule has 34 heavy (non-hydrogen) atoms. The van der Waals surface area contributed by atoms with E-state index in [4.69, 9.17) is 0 Å². The topological polar surface area (TPSA) is 171 Å². The van der Waals surface area contributed by atoms with Gasteiger partial charge in [0.2, 0.25) is 23.6 Å². The molecule has 0 N–H and O–H groups in total. The number of hydrogen-bond donors (Lipinski definition) is 0. The Kier molecular flexibility index (Phi) is 3.96. The minimum atomic E-state index is -0.643.